The van der Waals surface area contributed by atoms with Gasteiger partial charge in [0, 0.05) is 17.2 Å². The van der Waals surface area contributed by atoms with Crippen molar-refractivity contribution in [2.45, 2.75) is 5.75 Å². The Morgan fingerprint density at radius 2 is 2.12 bits per heavy atom. The Balaban J connectivity index is 2.52. The van der Waals surface area contributed by atoms with Gasteiger partial charge in [-0.15, -0.1) is 0 Å². The lowest BCUT2D eigenvalue weighted by Crippen LogP contribution is -2.00. The molecule has 0 atom stereocenters. The normalized spacial score (nSPS) is 11.8. The van der Waals surface area contributed by atoms with E-state index < -0.39 is 15.8 Å². The largest absolute Gasteiger partial charge is 0.478 e. The number of benzene rings is 1. The van der Waals surface area contributed by atoms with Gasteiger partial charge in [0.15, 0.2) is 9.84 Å². The van der Waals surface area contributed by atoms with E-state index in [1.807, 2.05) is 0 Å². The van der Waals surface area contributed by atoms with Crippen molar-refractivity contribution in [1.29, 1.82) is 0 Å². The van der Waals surface area contributed by atoms with Crippen molar-refractivity contribution < 1.29 is 22.7 Å². The minimum absolute atomic E-state index is 0.109. The van der Waals surface area contributed by atoms with Crippen LogP contribution in [0.25, 0.3) is 11.0 Å². The van der Waals surface area contributed by atoms with Crippen molar-refractivity contribution in [1.82, 2.24) is 0 Å². The molecule has 0 aliphatic heterocycles. The Morgan fingerprint density at radius 3 is 2.71 bits per heavy atom. The molecule has 6 heteroatoms. The van der Waals surface area contributed by atoms with E-state index in [0.29, 0.717) is 16.5 Å². The molecule has 0 aliphatic carbocycles. The number of rotatable bonds is 3. The second kappa shape index (κ2) is 3.89. The maximum atomic E-state index is 11.2. The van der Waals surface area contributed by atoms with E-state index in [0.717, 1.165) is 6.26 Å². The van der Waals surface area contributed by atoms with Crippen LogP contribution in [0.2, 0.25) is 0 Å². The topological polar surface area (TPSA) is 84.6 Å². The van der Waals surface area contributed by atoms with Crippen molar-refractivity contribution in [3.8, 4) is 0 Å². The van der Waals surface area contributed by atoms with E-state index >= 15 is 0 Å². The summed E-state index contributed by atoms with van der Waals surface area (Å²) >= 11 is 0. The Hall–Kier alpha value is -1.82. The van der Waals surface area contributed by atoms with Crippen molar-refractivity contribution in [3.63, 3.8) is 0 Å². The number of furan rings is 1. The van der Waals surface area contributed by atoms with Crippen molar-refractivity contribution in [3.05, 3.63) is 35.6 Å². The summed E-state index contributed by atoms with van der Waals surface area (Å²) in [5.74, 6) is -1.17. The minimum Gasteiger partial charge on any atom is -0.478 e. The molecule has 1 heterocycles. The molecule has 90 valence electrons. The fraction of sp³-hybridized carbons (Fsp3) is 0.182. The Labute approximate surface area is 97.6 Å². The number of aromatic carboxylic acids is 1. The average molecular weight is 254 g/mol. The van der Waals surface area contributed by atoms with E-state index in [1.54, 1.807) is 6.07 Å². The minimum atomic E-state index is -3.14. The molecule has 0 saturated carbocycles. The maximum Gasteiger partial charge on any atom is 0.335 e. The summed E-state index contributed by atoms with van der Waals surface area (Å²) in [4.78, 5) is 10.7. The highest BCUT2D eigenvalue weighted by Crippen LogP contribution is 2.23. The molecule has 0 unspecified atom stereocenters. The third kappa shape index (κ3) is 2.47. The Kier molecular flexibility index (Phi) is 2.66. The zero-order valence-corrected chi connectivity index (χ0v) is 9.82. The van der Waals surface area contributed by atoms with Crippen LogP contribution < -0.4 is 0 Å². The lowest BCUT2D eigenvalue weighted by Gasteiger charge is -1.97. The molecule has 1 aromatic carbocycles. The van der Waals surface area contributed by atoms with Crippen LogP contribution in [0.3, 0.4) is 0 Å². The monoisotopic (exact) mass is 254 g/mol. The number of carbonyl (C=O) groups is 1. The van der Waals surface area contributed by atoms with Gasteiger partial charge in [-0.3, -0.25) is 0 Å². The zero-order valence-electron chi connectivity index (χ0n) is 9.00. The molecule has 0 spiro atoms. The quantitative estimate of drug-likeness (QED) is 0.900. The highest BCUT2D eigenvalue weighted by molar-refractivity contribution is 7.89. The first-order valence-electron chi connectivity index (χ1n) is 4.78. The fourth-order valence-electron chi connectivity index (χ4n) is 1.61. The molecule has 1 aromatic heterocycles. The van der Waals surface area contributed by atoms with Crippen LogP contribution in [0, 0.1) is 0 Å². The zero-order chi connectivity index (χ0) is 12.6. The van der Waals surface area contributed by atoms with Gasteiger partial charge in [0.05, 0.1) is 17.6 Å². The molecule has 0 fully saturated rings. The van der Waals surface area contributed by atoms with Crippen molar-refractivity contribution >= 4 is 26.8 Å². The molecule has 0 aliphatic rings. The number of carboxylic acid groups (broad SMARTS) is 1. The fourth-order valence-corrected chi connectivity index (χ4v) is 2.40. The van der Waals surface area contributed by atoms with Crippen LogP contribution in [-0.4, -0.2) is 25.7 Å². The summed E-state index contributed by atoms with van der Waals surface area (Å²) in [6, 6.07) is 4.36. The van der Waals surface area contributed by atoms with Gasteiger partial charge in [0.1, 0.15) is 5.58 Å². The molecule has 0 saturated heterocycles. The van der Waals surface area contributed by atoms with Gasteiger partial charge in [0.25, 0.3) is 0 Å². The van der Waals surface area contributed by atoms with E-state index in [2.05, 4.69) is 0 Å². The van der Waals surface area contributed by atoms with Gasteiger partial charge in [-0.05, 0) is 18.2 Å². The average Bonchev–Trinajstić information content (AvgIpc) is 2.58. The van der Waals surface area contributed by atoms with Gasteiger partial charge in [-0.1, -0.05) is 0 Å². The van der Waals surface area contributed by atoms with E-state index in [1.165, 1.54) is 18.4 Å². The van der Waals surface area contributed by atoms with E-state index in [4.69, 9.17) is 9.52 Å². The van der Waals surface area contributed by atoms with Gasteiger partial charge < -0.3 is 9.52 Å². The first-order chi connectivity index (χ1) is 7.87. The Bertz CT molecular complexity index is 681. The second-order valence-corrected chi connectivity index (χ2v) is 5.99. The maximum absolute atomic E-state index is 11.2. The number of hydrogen-bond acceptors (Lipinski definition) is 4. The standard InChI is InChI=1S/C11H10O5S/c1-17(14,15)6-8-5-16-10-4-7(11(12)13)2-3-9(8)10/h2-5H,6H2,1H3,(H,12,13). The first-order valence-corrected chi connectivity index (χ1v) is 6.84. The second-order valence-electron chi connectivity index (χ2n) is 3.85. The molecular formula is C11H10O5S. The van der Waals surface area contributed by atoms with Crippen LogP contribution in [0.1, 0.15) is 15.9 Å². The third-order valence-electron chi connectivity index (χ3n) is 2.32. The number of carboxylic acids is 1. The third-order valence-corrected chi connectivity index (χ3v) is 3.16. The molecule has 1 N–H and O–H groups in total. The highest BCUT2D eigenvalue weighted by atomic mass is 32.2. The smallest absolute Gasteiger partial charge is 0.335 e. The molecule has 0 radical (unpaired) electrons. The van der Waals surface area contributed by atoms with Crippen LogP contribution in [0.15, 0.2) is 28.9 Å². The van der Waals surface area contributed by atoms with Crippen LogP contribution in [-0.2, 0) is 15.6 Å². The van der Waals surface area contributed by atoms with Gasteiger partial charge in [-0.25, -0.2) is 13.2 Å². The van der Waals surface area contributed by atoms with Crippen LogP contribution in [0.5, 0.6) is 0 Å². The SMILES string of the molecule is CS(=O)(=O)Cc1coc2cc(C(=O)O)ccc12. The predicted octanol–water partition coefficient (Wildman–Crippen LogP) is 1.68. The summed E-state index contributed by atoms with van der Waals surface area (Å²) in [5, 5.41) is 9.43. The molecular weight excluding hydrogens is 244 g/mol. The summed E-state index contributed by atoms with van der Waals surface area (Å²) in [6.45, 7) is 0. The molecule has 0 bridgehead atoms. The van der Waals surface area contributed by atoms with Crippen LogP contribution in [0.4, 0.5) is 0 Å². The number of fused-ring (bicyclic) bond motifs is 1. The van der Waals surface area contributed by atoms with E-state index in [-0.39, 0.29) is 11.3 Å². The number of hydrogen-bond donors (Lipinski definition) is 1. The summed E-state index contributed by atoms with van der Waals surface area (Å²) in [6.07, 6.45) is 2.48. The molecule has 2 aromatic rings. The van der Waals surface area contributed by atoms with Crippen molar-refractivity contribution in [2.24, 2.45) is 0 Å². The summed E-state index contributed by atoms with van der Waals surface area (Å²) in [7, 11) is -3.14. The van der Waals surface area contributed by atoms with E-state index in [9.17, 15) is 13.2 Å². The predicted molar refractivity (Wildman–Crippen MR) is 61.7 cm³/mol. The lowest BCUT2D eigenvalue weighted by atomic mass is 10.1. The van der Waals surface area contributed by atoms with Gasteiger partial charge in [0.2, 0.25) is 0 Å². The molecule has 17 heavy (non-hydrogen) atoms. The molecule has 0 amide bonds. The molecule has 2 rings (SSSR count). The number of sulfone groups is 1. The van der Waals surface area contributed by atoms with Crippen LogP contribution >= 0.6 is 0 Å². The lowest BCUT2D eigenvalue weighted by molar-refractivity contribution is 0.0697. The highest BCUT2D eigenvalue weighted by Gasteiger charge is 2.13. The van der Waals surface area contributed by atoms with Gasteiger partial charge >= 0.3 is 5.97 Å². The first kappa shape index (κ1) is 11.7. The van der Waals surface area contributed by atoms with Crippen molar-refractivity contribution in [2.75, 3.05) is 6.26 Å². The summed E-state index contributed by atoms with van der Waals surface area (Å²) in [5.41, 5.74) is 1.03. The van der Waals surface area contributed by atoms with Gasteiger partial charge in [-0.2, -0.15) is 0 Å². The summed E-state index contributed by atoms with van der Waals surface area (Å²) < 4.78 is 27.5. The molecule has 5 nitrogen and oxygen atoms in total. The Morgan fingerprint density at radius 1 is 1.41 bits per heavy atom.